The molecule has 1 aliphatic heterocycles. The highest BCUT2D eigenvalue weighted by Crippen LogP contribution is 2.19. The van der Waals surface area contributed by atoms with Crippen LogP contribution >= 0.6 is 0 Å². The first-order valence-corrected chi connectivity index (χ1v) is 10.1. The number of halogens is 1. The molecule has 2 aromatic carbocycles. The van der Waals surface area contributed by atoms with Crippen molar-refractivity contribution in [3.63, 3.8) is 0 Å². The molecule has 0 spiro atoms. The predicted octanol–water partition coefficient (Wildman–Crippen LogP) is 3.02. The van der Waals surface area contributed by atoms with E-state index in [2.05, 4.69) is 6.92 Å². The van der Waals surface area contributed by atoms with Crippen LogP contribution in [0.5, 0.6) is 0 Å². The zero-order valence-corrected chi connectivity index (χ0v) is 16.9. The Bertz CT molecular complexity index is 883. The van der Waals surface area contributed by atoms with Gasteiger partial charge >= 0.3 is 0 Å². The number of carbonyl (C=O) groups is 2. The van der Waals surface area contributed by atoms with E-state index in [1.807, 2.05) is 36.4 Å². The van der Waals surface area contributed by atoms with Gasteiger partial charge in [0.05, 0.1) is 6.04 Å². The third kappa shape index (κ3) is 5.33. The van der Waals surface area contributed by atoms with Gasteiger partial charge in [0.15, 0.2) is 0 Å². The summed E-state index contributed by atoms with van der Waals surface area (Å²) in [5.74, 6) is -0.725. The van der Waals surface area contributed by atoms with Gasteiger partial charge in [-0.25, -0.2) is 4.39 Å². The first kappa shape index (κ1) is 21.7. The Labute approximate surface area is 177 Å². The summed E-state index contributed by atoms with van der Waals surface area (Å²) in [5, 5.41) is 0. The van der Waals surface area contributed by atoms with Gasteiger partial charge in [0.2, 0.25) is 11.8 Å². The molecule has 0 aliphatic carbocycles. The minimum Gasteiger partial charge on any atom is -0.327 e. The van der Waals surface area contributed by atoms with Crippen LogP contribution < -0.4 is 5.73 Å². The third-order valence-corrected chi connectivity index (χ3v) is 5.22. The predicted molar refractivity (Wildman–Crippen MR) is 115 cm³/mol. The smallest absolute Gasteiger partial charge is 0.249 e. The summed E-state index contributed by atoms with van der Waals surface area (Å²) in [6, 6.07) is 14.3. The van der Waals surface area contributed by atoms with Crippen LogP contribution in [-0.2, 0) is 16.0 Å². The standard InChI is InChI=1S/C24H27FN3O2/c1-2-6-22-24(30)27(14-13-18-7-4-3-5-8-18)15-16-28(22)23(29)21(26)17-19-9-11-20(25)12-10-19/h3-5,7-14,21-22H,1-2,6,15-17,26H2. The highest BCUT2D eigenvalue weighted by atomic mass is 19.1. The minimum absolute atomic E-state index is 0.126. The van der Waals surface area contributed by atoms with Crippen LogP contribution in [0.3, 0.4) is 0 Å². The number of hydrogen-bond donors (Lipinski definition) is 1. The van der Waals surface area contributed by atoms with Gasteiger partial charge in [0.25, 0.3) is 0 Å². The summed E-state index contributed by atoms with van der Waals surface area (Å²) in [5.41, 5.74) is 7.93. The third-order valence-electron chi connectivity index (χ3n) is 5.22. The molecule has 157 valence electrons. The van der Waals surface area contributed by atoms with E-state index < -0.39 is 12.1 Å². The van der Waals surface area contributed by atoms with Gasteiger partial charge in [0.1, 0.15) is 11.9 Å². The van der Waals surface area contributed by atoms with Crippen molar-refractivity contribution >= 4 is 17.9 Å². The van der Waals surface area contributed by atoms with E-state index in [9.17, 15) is 14.0 Å². The van der Waals surface area contributed by atoms with E-state index in [4.69, 9.17) is 5.73 Å². The molecule has 0 bridgehead atoms. The molecule has 1 radical (unpaired) electrons. The Morgan fingerprint density at radius 2 is 1.87 bits per heavy atom. The first-order chi connectivity index (χ1) is 14.5. The van der Waals surface area contributed by atoms with Gasteiger partial charge in [-0.05, 0) is 42.2 Å². The second kappa shape index (κ2) is 10.2. The average Bonchev–Trinajstić information content (AvgIpc) is 2.76. The van der Waals surface area contributed by atoms with Gasteiger partial charge in [0, 0.05) is 19.3 Å². The van der Waals surface area contributed by atoms with Crippen LogP contribution in [0.25, 0.3) is 6.08 Å². The summed E-state index contributed by atoms with van der Waals surface area (Å²) in [7, 11) is 0. The summed E-state index contributed by atoms with van der Waals surface area (Å²) in [4.78, 5) is 29.3. The normalized spacial score (nSPS) is 18.1. The topological polar surface area (TPSA) is 66.6 Å². The van der Waals surface area contributed by atoms with Crippen molar-refractivity contribution in [3.05, 3.63) is 84.7 Å². The second-order valence-corrected chi connectivity index (χ2v) is 7.38. The fourth-order valence-electron chi connectivity index (χ4n) is 3.61. The van der Waals surface area contributed by atoms with Crippen LogP contribution in [0.15, 0.2) is 60.8 Å². The average molecular weight is 408 g/mol. The lowest BCUT2D eigenvalue weighted by molar-refractivity contribution is -0.150. The maximum atomic E-state index is 13.1. The molecule has 1 saturated heterocycles. The molecule has 1 heterocycles. The number of nitrogens with two attached hydrogens (primary N) is 1. The molecule has 1 fully saturated rings. The molecule has 2 amide bonds. The van der Waals surface area contributed by atoms with Crippen molar-refractivity contribution in [2.24, 2.45) is 5.73 Å². The summed E-state index contributed by atoms with van der Waals surface area (Å²) < 4.78 is 13.1. The van der Waals surface area contributed by atoms with Crippen molar-refractivity contribution in [3.8, 4) is 0 Å². The lowest BCUT2D eigenvalue weighted by atomic mass is 10.0. The van der Waals surface area contributed by atoms with Gasteiger partial charge in [-0.1, -0.05) is 55.8 Å². The number of nitrogens with zero attached hydrogens (tertiary/aromatic N) is 2. The number of carbonyl (C=O) groups excluding carboxylic acids is 2. The van der Waals surface area contributed by atoms with Crippen LogP contribution in [-0.4, -0.2) is 46.8 Å². The molecule has 30 heavy (non-hydrogen) atoms. The Kier molecular flexibility index (Phi) is 7.36. The van der Waals surface area contributed by atoms with E-state index in [1.54, 1.807) is 28.1 Å². The summed E-state index contributed by atoms with van der Waals surface area (Å²) in [6.07, 6.45) is 4.95. The Balaban J connectivity index is 1.69. The highest BCUT2D eigenvalue weighted by Gasteiger charge is 2.37. The number of rotatable bonds is 7. The molecule has 3 rings (SSSR count). The van der Waals surface area contributed by atoms with Gasteiger partial charge in [-0.15, -0.1) is 0 Å². The quantitative estimate of drug-likeness (QED) is 0.766. The van der Waals surface area contributed by atoms with Gasteiger partial charge in [-0.3, -0.25) is 9.59 Å². The molecule has 2 aromatic rings. The number of hydrogen-bond acceptors (Lipinski definition) is 3. The van der Waals surface area contributed by atoms with Crippen molar-refractivity contribution in [1.29, 1.82) is 0 Å². The Morgan fingerprint density at radius 3 is 2.53 bits per heavy atom. The van der Waals surface area contributed by atoms with Crippen LogP contribution in [0.4, 0.5) is 4.39 Å². The molecule has 6 heteroatoms. The van der Waals surface area contributed by atoms with E-state index in [-0.39, 0.29) is 17.6 Å². The van der Waals surface area contributed by atoms with Crippen molar-refractivity contribution in [2.45, 2.75) is 31.3 Å². The van der Waals surface area contributed by atoms with Crippen molar-refractivity contribution < 1.29 is 14.0 Å². The Morgan fingerprint density at radius 1 is 1.17 bits per heavy atom. The zero-order valence-electron chi connectivity index (χ0n) is 16.9. The molecule has 1 aliphatic rings. The summed E-state index contributed by atoms with van der Waals surface area (Å²) >= 11 is 0. The monoisotopic (exact) mass is 408 g/mol. The van der Waals surface area contributed by atoms with Crippen LogP contribution in [0.2, 0.25) is 0 Å². The van der Waals surface area contributed by atoms with Crippen molar-refractivity contribution in [2.75, 3.05) is 13.1 Å². The molecule has 5 nitrogen and oxygen atoms in total. The number of piperazine rings is 1. The van der Waals surface area contributed by atoms with E-state index in [0.29, 0.717) is 32.4 Å². The van der Waals surface area contributed by atoms with Crippen molar-refractivity contribution in [1.82, 2.24) is 9.80 Å². The van der Waals surface area contributed by atoms with E-state index >= 15 is 0 Å². The molecule has 2 unspecified atom stereocenters. The SMILES string of the molecule is [CH2]CCC1C(=O)N(C=Cc2ccccc2)CCN1C(=O)C(N)Cc1ccc(F)cc1. The second-order valence-electron chi connectivity index (χ2n) is 7.38. The molecular weight excluding hydrogens is 381 g/mol. The first-order valence-electron chi connectivity index (χ1n) is 10.1. The molecule has 2 atom stereocenters. The highest BCUT2D eigenvalue weighted by molar-refractivity contribution is 5.91. The van der Waals surface area contributed by atoms with E-state index in [1.165, 1.54) is 12.1 Å². The van der Waals surface area contributed by atoms with Crippen LogP contribution in [0.1, 0.15) is 24.0 Å². The Hall–Kier alpha value is -2.99. The maximum absolute atomic E-state index is 13.1. The number of benzene rings is 2. The summed E-state index contributed by atoms with van der Waals surface area (Å²) in [6.45, 7) is 4.67. The van der Waals surface area contributed by atoms with Gasteiger partial charge < -0.3 is 15.5 Å². The zero-order chi connectivity index (χ0) is 21.5. The molecule has 2 N–H and O–H groups in total. The molecule has 0 saturated carbocycles. The molecule has 0 aromatic heterocycles. The lowest BCUT2D eigenvalue weighted by Gasteiger charge is -2.40. The fraction of sp³-hybridized carbons (Fsp3) is 0.292. The fourth-order valence-corrected chi connectivity index (χ4v) is 3.61. The van der Waals surface area contributed by atoms with Gasteiger partial charge in [-0.2, -0.15) is 0 Å². The van der Waals surface area contributed by atoms with Crippen LogP contribution in [0, 0.1) is 12.7 Å². The molecular formula is C24H27FN3O2. The number of amides is 2. The minimum atomic E-state index is -0.790. The maximum Gasteiger partial charge on any atom is 0.249 e. The van der Waals surface area contributed by atoms with E-state index in [0.717, 1.165) is 11.1 Å². The lowest BCUT2D eigenvalue weighted by Crippen LogP contribution is -2.60. The largest absolute Gasteiger partial charge is 0.327 e.